The van der Waals surface area contributed by atoms with E-state index in [-0.39, 0.29) is 0 Å². The summed E-state index contributed by atoms with van der Waals surface area (Å²) in [7, 11) is 0. The second-order valence-corrected chi connectivity index (χ2v) is 12.6. The topological polar surface area (TPSA) is 0 Å². The first-order valence-corrected chi connectivity index (χ1v) is 14.6. The Hall–Kier alpha value is 2.10. The Morgan fingerprint density at radius 1 is 0.609 bits per heavy atom. The maximum atomic E-state index is 4.28. The number of thiol groups is 2. The van der Waals surface area contributed by atoms with E-state index in [0.717, 1.165) is 33.8 Å². The third kappa shape index (κ3) is 8.55. The van der Waals surface area contributed by atoms with Gasteiger partial charge in [0.2, 0.25) is 0 Å². The van der Waals surface area contributed by atoms with Crippen molar-refractivity contribution in [1.82, 2.24) is 0 Å². The predicted octanol–water partition coefficient (Wildman–Crippen LogP) is 5.73. The monoisotopic (exact) mass is 428 g/mol. The van der Waals surface area contributed by atoms with Crippen molar-refractivity contribution in [3.8, 4) is 0 Å². The van der Waals surface area contributed by atoms with Gasteiger partial charge in [0.25, 0.3) is 0 Å². The summed E-state index contributed by atoms with van der Waals surface area (Å²) in [5, 5.41) is 1.93. The van der Waals surface area contributed by atoms with Gasteiger partial charge in [0.15, 0.2) is 0 Å². The zero-order valence-electron chi connectivity index (χ0n) is 14.0. The highest BCUT2D eigenvalue weighted by Gasteiger charge is 2.38. The molecule has 2 aliphatic carbocycles. The Morgan fingerprint density at radius 3 is 1.83 bits per heavy atom. The third-order valence-electron chi connectivity index (χ3n) is 4.86. The van der Waals surface area contributed by atoms with Crippen molar-refractivity contribution >= 4 is 72.3 Å². The lowest BCUT2D eigenvalue weighted by atomic mass is 9.81. The van der Waals surface area contributed by atoms with Gasteiger partial charge in [-0.1, -0.05) is 0 Å². The molecule has 0 radical (unpaired) electrons. The van der Waals surface area contributed by atoms with E-state index in [9.17, 15) is 0 Å². The van der Waals surface area contributed by atoms with Gasteiger partial charge < -0.3 is 0 Å². The van der Waals surface area contributed by atoms with E-state index >= 15 is 0 Å². The van der Waals surface area contributed by atoms with Crippen LogP contribution in [0.1, 0.15) is 32.1 Å². The van der Waals surface area contributed by atoms with Gasteiger partial charge in [-0.05, 0) is 55.4 Å². The van der Waals surface area contributed by atoms with E-state index < -0.39 is 0 Å². The van der Waals surface area contributed by atoms with Crippen LogP contribution in [-0.4, -0.2) is 56.5 Å². The SMILES string of the molecule is SCCSCCSC1CCC2CC(SCCSCCS)CC2C1. The summed E-state index contributed by atoms with van der Waals surface area (Å²) in [6.07, 6.45) is 7.54. The van der Waals surface area contributed by atoms with Gasteiger partial charge >= 0.3 is 0 Å². The van der Waals surface area contributed by atoms with Crippen LogP contribution >= 0.6 is 72.3 Å². The van der Waals surface area contributed by atoms with Crippen molar-refractivity contribution in [3.05, 3.63) is 0 Å². The Morgan fingerprint density at radius 2 is 1.17 bits per heavy atom. The molecule has 0 aromatic heterocycles. The highest BCUT2D eigenvalue weighted by molar-refractivity contribution is 8.04. The summed E-state index contributed by atoms with van der Waals surface area (Å²) in [6, 6.07) is 0. The maximum Gasteiger partial charge on any atom is 0.00528 e. The molecule has 0 spiro atoms. The van der Waals surface area contributed by atoms with Crippen LogP contribution < -0.4 is 0 Å². The van der Waals surface area contributed by atoms with Gasteiger partial charge in [-0.3, -0.25) is 0 Å². The molecule has 0 saturated heterocycles. The number of thioether (sulfide) groups is 4. The highest BCUT2D eigenvalue weighted by Crippen LogP contribution is 2.48. The smallest absolute Gasteiger partial charge is 0.00528 e. The lowest BCUT2D eigenvalue weighted by Crippen LogP contribution is -2.22. The molecule has 4 unspecified atom stereocenters. The second kappa shape index (κ2) is 13.3. The van der Waals surface area contributed by atoms with Crippen LogP contribution in [0.5, 0.6) is 0 Å². The molecule has 0 nitrogen and oxygen atoms in total. The van der Waals surface area contributed by atoms with E-state index in [1.54, 1.807) is 0 Å². The van der Waals surface area contributed by atoms with Crippen LogP contribution in [-0.2, 0) is 0 Å². The number of hydrogen-bond donors (Lipinski definition) is 2. The Balaban J connectivity index is 1.55. The van der Waals surface area contributed by atoms with Gasteiger partial charge in [-0.2, -0.15) is 72.3 Å². The van der Waals surface area contributed by atoms with E-state index in [1.165, 1.54) is 66.6 Å². The Bertz CT molecular complexity index is 289. The zero-order chi connectivity index (χ0) is 16.3. The quantitative estimate of drug-likeness (QED) is 0.301. The summed E-state index contributed by atoms with van der Waals surface area (Å²) < 4.78 is 0. The molecule has 2 aliphatic rings. The minimum atomic E-state index is 0.961. The van der Waals surface area contributed by atoms with Crippen LogP contribution in [0.4, 0.5) is 0 Å². The van der Waals surface area contributed by atoms with Crippen LogP contribution in [0, 0.1) is 11.8 Å². The van der Waals surface area contributed by atoms with E-state index in [2.05, 4.69) is 72.3 Å². The lowest BCUT2D eigenvalue weighted by molar-refractivity contribution is 0.283. The molecular formula is C17H32S6. The first-order chi connectivity index (χ1) is 11.3. The zero-order valence-corrected chi connectivity index (χ0v) is 19.1. The van der Waals surface area contributed by atoms with Crippen molar-refractivity contribution in [1.29, 1.82) is 0 Å². The van der Waals surface area contributed by atoms with Crippen molar-refractivity contribution in [2.75, 3.05) is 46.0 Å². The van der Waals surface area contributed by atoms with Crippen LogP contribution in [0.2, 0.25) is 0 Å². The van der Waals surface area contributed by atoms with Gasteiger partial charge in [0.05, 0.1) is 0 Å². The second-order valence-electron chi connectivity index (χ2n) is 6.46. The molecule has 0 N–H and O–H groups in total. The Kier molecular flexibility index (Phi) is 12.4. The number of rotatable bonds is 12. The molecular weight excluding hydrogens is 397 g/mol. The summed E-state index contributed by atoms with van der Waals surface area (Å²) in [4.78, 5) is 0. The third-order valence-corrected chi connectivity index (χ3v) is 11.0. The summed E-state index contributed by atoms with van der Waals surface area (Å²) in [6.45, 7) is 0. The molecule has 136 valence electrons. The largest absolute Gasteiger partial charge is 0.179 e. The predicted molar refractivity (Wildman–Crippen MR) is 125 cm³/mol. The molecule has 6 heteroatoms. The fourth-order valence-corrected chi connectivity index (χ4v) is 9.10. The molecule has 0 amide bonds. The molecule has 23 heavy (non-hydrogen) atoms. The fraction of sp³-hybridized carbons (Fsp3) is 1.00. The van der Waals surface area contributed by atoms with Crippen LogP contribution in [0.25, 0.3) is 0 Å². The molecule has 0 aliphatic heterocycles. The summed E-state index contributed by atoms with van der Waals surface area (Å²) in [5.41, 5.74) is 0. The molecule has 2 saturated carbocycles. The van der Waals surface area contributed by atoms with E-state index in [0.29, 0.717) is 0 Å². The molecule has 0 aromatic carbocycles. The molecule has 4 atom stereocenters. The normalized spacial score (nSPS) is 30.5. The number of fused-ring (bicyclic) bond motifs is 1. The lowest BCUT2D eigenvalue weighted by Gasteiger charge is -2.31. The van der Waals surface area contributed by atoms with Crippen molar-refractivity contribution in [3.63, 3.8) is 0 Å². The standard InChI is InChI=1S/C17H32S6/c18-3-5-20-7-9-22-16-2-1-14-11-17(13-15(14)12-16)23-10-8-21-6-4-19/h14-19H,1-13H2. The summed E-state index contributed by atoms with van der Waals surface area (Å²) >= 11 is 17.2. The van der Waals surface area contributed by atoms with Crippen molar-refractivity contribution in [2.45, 2.75) is 42.6 Å². The van der Waals surface area contributed by atoms with Gasteiger partial charge in [-0.25, -0.2) is 0 Å². The molecule has 0 heterocycles. The molecule has 0 aromatic rings. The van der Waals surface area contributed by atoms with Crippen LogP contribution in [0.3, 0.4) is 0 Å². The number of hydrogen-bond acceptors (Lipinski definition) is 6. The van der Waals surface area contributed by atoms with Crippen molar-refractivity contribution in [2.24, 2.45) is 11.8 Å². The Labute approximate surface area is 171 Å². The summed E-state index contributed by atoms with van der Waals surface area (Å²) in [5.74, 6) is 11.9. The van der Waals surface area contributed by atoms with Gasteiger partial charge in [-0.15, -0.1) is 0 Å². The first kappa shape index (κ1) is 21.4. The van der Waals surface area contributed by atoms with Crippen LogP contribution in [0.15, 0.2) is 0 Å². The average molecular weight is 429 g/mol. The molecule has 2 rings (SSSR count). The first-order valence-electron chi connectivity index (χ1n) is 8.94. The fourth-order valence-electron chi connectivity index (χ4n) is 3.82. The van der Waals surface area contributed by atoms with Gasteiger partial charge in [0.1, 0.15) is 0 Å². The average Bonchev–Trinajstić information content (AvgIpc) is 2.96. The maximum absolute atomic E-state index is 4.28. The highest BCUT2D eigenvalue weighted by atomic mass is 32.2. The van der Waals surface area contributed by atoms with Gasteiger partial charge in [0, 0.05) is 45.0 Å². The van der Waals surface area contributed by atoms with Crippen molar-refractivity contribution < 1.29 is 0 Å². The minimum Gasteiger partial charge on any atom is -0.179 e. The molecule has 2 fully saturated rings. The minimum absolute atomic E-state index is 0.961. The molecule has 0 bridgehead atoms. The van der Waals surface area contributed by atoms with E-state index in [4.69, 9.17) is 0 Å². The van der Waals surface area contributed by atoms with E-state index in [1.807, 2.05) is 0 Å².